The second-order valence-electron chi connectivity index (χ2n) is 5.38. The van der Waals surface area contributed by atoms with Crippen LogP contribution < -0.4 is 15.4 Å². The molecular weight excluding hydrogens is 254 g/mol. The average molecular weight is 277 g/mol. The fourth-order valence-corrected chi connectivity index (χ4v) is 1.94. The monoisotopic (exact) mass is 277 g/mol. The summed E-state index contributed by atoms with van der Waals surface area (Å²) in [4.78, 5) is 14.2. The molecule has 1 aromatic rings. The summed E-state index contributed by atoms with van der Waals surface area (Å²) in [5, 5.41) is 6.17. The summed E-state index contributed by atoms with van der Waals surface area (Å²) in [6, 6.07) is 7.39. The standard InChI is InChI=1S/C15H23N3O2/c1-18(2)7-8-20-14-6-4-3-5-13(14)15(19)17-11-12-9-16-10-12/h3-6,12,16H,7-11H2,1-2H3,(H,17,19). The molecule has 1 aliphatic heterocycles. The molecule has 5 heteroatoms. The van der Waals surface area contributed by atoms with Crippen molar-refractivity contribution in [2.75, 3.05) is 46.9 Å². The number of rotatable bonds is 7. The molecule has 1 aliphatic rings. The van der Waals surface area contributed by atoms with Gasteiger partial charge in [0.2, 0.25) is 0 Å². The van der Waals surface area contributed by atoms with Crippen molar-refractivity contribution >= 4 is 5.91 Å². The third-order valence-corrected chi connectivity index (χ3v) is 3.35. The first kappa shape index (κ1) is 14.8. The summed E-state index contributed by atoms with van der Waals surface area (Å²) < 4.78 is 5.70. The SMILES string of the molecule is CN(C)CCOc1ccccc1C(=O)NCC1CNC1. The van der Waals surface area contributed by atoms with Crippen LogP contribution >= 0.6 is 0 Å². The molecule has 0 atom stereocenters. The lowest BCUT2D eigenvalue weighted by molar-refractivity contribution is 0.0938. The lowest BCUT2D eigenvalue weighted by Crippen LogP contribution is -2.48. The van der Waals surface area contributed by atoms with E-state index in [0.29, 0.717) is 23.8 Å². The summed E-state index contributed by atoms with van der Waals surface area (Å²) in [6.45, 7) is 4.09. The Morgan fingerprint density at radius 3 is 2.80 bits per heavy atom. The van der Waals surface area contributed by atoms with E-state index >= 15 is 0 Å². The zero-order chi connectivity index (χ0) is 14.4. The summed E-state index contributed by atoms with van der Waals surface area (Å²) in [6.07, 6.45) is 0. The van der Waals surface area contributed by atoms with Gasteiger partial charge in [-0.05, 0) is 26.2 Å². The maximum Gasteiger partial charge on any atom is 0.255 e. The van der Waals surface area contributed by atoms with Gasteiger partial charge < -0.3 is 20.3 Å². The van der Waals surface area contributed by atoms with Gasteiger partial charge >= 0.3 is 0 Å². The highest BCUT2D eigenvalue weighted by atomic mass is 16.5. The molecule has 0 spiro atoms. The van der Waals surface area contributed by atoms with Gasteiger partial charge in [-0.3, -0.25) is 4.79 Å². The summed E-state index contributed by atoms with van der Waals surface area (Å²) in [7, 11) is 3.99. The highest BCUT2D eigenvalue weighted by molar-refractivity contribution is 5.96. The number of hydrogen-bond donors (Lipinski definition) is 2. The Labute approximate surface area is 120 Å². The molecule has 2 N–H and O–H groups in total. The molecule has 1 heterocycles. The average Bonchev–Trinajstić information content (AvgIpc) is 2.37. The molecule has 0 aliphatic carbocycles. The summed E-state index contributed by atoms with van der Waals surface area (Å²) >= 11 is 0. The number of hydrogen-bond acceptors (Lipinski definition) is 4. The lowest BCUT2D eigenvalue weighted by Gasteiger charge is -2.27. The maximum atomic E-state index is 12.2. The number of ether oxygens (including phenoxy) is 1. The van der Waals surface area contributed by atoms with Crippen molar-refractivity contribution in [2.45, 2.75) is 0 Å². The number of amides is 1. The number of nitrogens with one attached hydrogen (secondary N) is 2. The van der Waals surface area contributed by atoms with Crippen LogP contribution in [0.1, 0.15) is 10.4 Å². The van der Waals surface area contributed by atoms with E-state index in [2.05, 4.69) is 10.6 Å². The molecule has 0 saturated carbocycles. The molecule has 1 fully saturated rings. The molecule has 2 rings (SSSR count). The fraction of sp³-hybridized carbons (Fsp3) is 0.533. The predicted octanol–water partition coefficient (Wildman–Crippen LogP) is 0.576. The zero-order valence-electron chi connectivity index (χ0n) is 12.2. The lowest BCUT2D eigenvalue weighted by atomic mass is 10.0. The Kier molecular flexibility index (Phi) is 5.38. The van der Waals surface area contributed by atoms with Crippen molar-refractivity contribution in [1.29, 1.82) is 0 Å². The molecule has 0 bridgehead atoms. The Balaban J connectivity index is 1.89. The van der Waals surface area contributed by atoms with E-state index in [1.165, 1.54) is 0 Å². The van der Waals surface area contributed by atoms with Crippen molar-refractivity contribution in [1.82, 2.24) is 15.5 Å². The molecule has 0 radical (unpaired) electrons. The second kappa shape index (κ2) is 7.26. The van der Waals surface area contributed by atoms with Crippen LogP contribution in [0.15, 0.2) is 24.3 Å². The molecular formula is C15H23N3O2. The van der Waals surface area contributed by atoms with Crippen LogP contribution in [0.4, 0.5) is 0 Å². The van der Waals surface area contributed by atoms with E-state index in [1.54, 1.807) is 6.07 Å². The van der Waals surface area contributed by atoms with E-state index in [1.807, 2.05) is 37.2 Å². The Bertz CT molecular complexity index is 444. The molecule has 1 aromatic carbocycles. The van der Waals surface area contributed by atoms with Gasteiger partial charge in [0.15, 0.2) is 0 Å². The number of benzene rings is 1. The first-order chi connectivity index (χ1) is 9.66. The van der Waals surface area contributed by atoms with Crippen molar-refractivity contribution in [3.05, 3.63) is 29.8 Å². The van der Waals surface area contributed by atoms with Gasteiger partial charge in [0.25, 0.3) is 5.91 Å². The van der Waals surface area contributed by atoms with Crippen LogP contribution in [0.5, 0.6) is 5.75 Å². The first-order valence-electron chi connectivity index (χ1n) is 7.02. The maximum absolute atomic E-state index is 12.2. The summed E-state index contributed by atoms with van der Waals surface area (Å²) in [5.41, 5.74) is 0.610. The molecule has 110 valence electrons. The zero-order valence-corrected chi connectivity index (χ0v) is 12.2. The summed E-state index contributed by atoms with van der Waals surface area (Å²) in [5.74, 6) is 1.15. The third kappa shape index (κ3) is 4.21. The Morgan fingerprint density at radius 1 is 1.40 bits per heavy atom. The molecule has 1 amide bonds. The smallest absolute Gasteiger partial charge is 0.255 e. The number of nitrogens with zero attached hydrogens (tertiary/aromatic N) is 1. The molecule has 0 aromatic heterocycles. The largest absolute Gasteiger partial charge is 0.491 e. The van der Waals surface area contributed by atoms with Gasteiger partial charge in [0.05, 0.1) is 5.56 Å². The molecule has 1 saturated heterocycles. The number of para-hydroxylation sites is 1. The normalized spacial score (nSPS) is 14.9. The van der Waals surface area contributed by atoms with Crippen LogP contribution in [-0.4, -0.2) is 57.7 Å². The van der Waals surface area contributed by atoms with E-state index < -0.39 is 0 Å². The topological polar surface area (TPSA) is 53.6 Å². The van der Waals surface area contributed by atoms with Crippen molar-refractivity contribution in [2.24, 2.45) is 5.92 Å². The van der Waals surface area contributed by atoms with E-state index in [4.69, 9.17) is 4.74 Å². The number of likely N-dealkylation sites (N-methyl/N-ethyl adjacent to an activating group) is 1. The molecule has 5 nitrogen and oxygen atoms in total. The van der Waals surface area contributed by atoms with Crippen LogP contribution in [0.3, 0.4) is 0 Å². The van der Waals surface area contributed by atoms with Crippen LogP contribution in [0.25, 0.3) is 0 Å². The number of carbonyl (C=O) groups is 1. The van der Waals surface area contributed by atoms with E-state index in [-0.39, 0.29) is 5.91 Å². The van der Waals surface area contributed by atoms with Crippen molar-refractivity contribution in [3.8, 4) is 5.75 Å². The van der Waals surface area contributed by atoms with Crippen LogP contribution in [-0.2, 0) is 0 Å². The van der Waals surface area contributed by atoms with Gasteiger partial charge in [-0.15, -0.1) is 0 Å². The van der Waals surface area contributed by atoms with Gasteiger partial charge in [0.1, 0.15) is 12.4 Å². The Morgan fingerprint density at radius 2 is 2.15 bits per heavy atom. The molecule has 20 heavy (non-hydrogen) atoms. The third-order valence-electron chi connectivity index (χ3n) is 3.35. The van der Waals surface area contributed by atoms with E-state index in [9.17, 15) is 4.79 Å². The quantitative estimate of drug-likeness (QED) is 0.765. The minimum absolute atomic E-state index is 0.0580. The molecule has 0 unspecified atom stereocenters. The fourth-order valence-electron chi connectivity index (χ4n) is 1.94. The minimum Gasteiger partial charge on any atom is -0.491 e. The Hall–Kier alpha value is -1.59. The van der Waals surface area contributed by atoms with E-state index in [0.717, 1.165) is 26.2 Å². The highest BCUT2D eigenvalue weighted by Gasteiger charge is 2.18. The number of carbonyl (C=O) groups excluding carboxylic acids is 1. The van der Waals surface area contributed by atoms with Crippen molar-refractivity contribution < 1.29 is 9.53 Å². The highest BCUT2D eigenvalue weighted by Crippen LogP contribution is 2.18. The van der Waals surface area contributed by atoms with Gasteiger partial charge in [-0.1, -0.05) is 12.1 Å². The first-order valence-corrected chi connectivity index (χ1v) is 7.02. The van der Waals surface area contributed by atoms with Crippen molar-refractivity contribution in [3.63, 3.8) is 0 Å². The minimum atomic E-state index is -0.0580. The van der Waals surface area contributed by atoms with Gasteiger partial charge in [0, 0.05) is 32.1 Å². The van der Waals surface area contributed by atoms with Gasteiger partial charge in [-0.2, -0.15) is 0 Å². The van der Waals surface area contributed by atoms with Crippen LogP contribution in [0, 0.1) is 5.92 Å². The van der Waals surface area contributed by atoms with Crippen LogP contribution in [0.2, 0.25) is 0 Å². The van der Waals surface area contributed by atoms with Gasteiger partial charge in [-0.25, -0.2) is 0 Å². The second-order valence-corrected chi connectivity index (χ2v) is 5.38. The predicted molar refractivity (Wildman–Crippen MR) is 79.2 cm³/mol.